The van der Waals surface area contributed by atoms with Crippen LogP contribution in [0.15, 0.2) is 23.2 Å². The van der Waals surface area contributed by atoms with Crippen LogP contribution in [-0.2, 0) is 11.3 Å². The van der Waals surface area contributed by atoms with Gasteiger partial charge >= 0.3 is 0 Å². The Labute approximate surface area is 176 Å². The molecule has 0 bridgehead atoms. The average molecular weight is 403 g/mol. The minimum absolute atomic E-state index is 0.186. The number of aryl methyl sites for hydroxylation is 1. The summed E-state index contributed by atoms with van der Waals surface area (Å²) in [6, 6.07) is 6.34. The summed E-state index contributed by atoms with van der Waals surface area (Å²) >= 11 is 0. The van der Waals surface area contributed by atoms with E-state index in [2.05, 4.69) is 47.6 Å². The predicted octanol–water partition coefficient (Wildman–Crippen LogP) is 3.09. The second-order valence-corrected chi connectivity index (χ2v) is 8.12. The molecule has 0 unspecified atom stereocenters. The van der Waals surface area contributed by atoms with Gasteiger partial charge in [0, 0.05) is 37.4 Å². The van der Waals surface area contributed by atoms with Gasteiger partial charge in [0.1, 0.15) is 5.75 Å². The molecule has 0 amide bonds. The smallest absolute Gasteiger partial charge is 0.191 e. The van der Waals surface area contributed by atoms with Crippen molar-refractivity contribution in [1.29, 1.82) is 0 Å². The summed E-state index contributed by atoms with van der Waals surface area (Å²) < 4.78 is 11.5. The molecule has 0 aliphatic carbocycles. The van der Waals surface area contributed by atoms with E-state index in [4.69, 9.17) is 14.5 Å². The van der Waals surface area contributed by atoms with Gasteiger partial charge < -0.3 is 20.1 Å². The van der Waals surface area contributed by atoms with E-state index < -0.39 is 0 Å². The minimum Gasteiger partial charge on any atom is -0.494 e. The van der Waals surface area contributed by atoms with Crippen LogP contribution in [0.4, 0.5) is 0 Å². The summed E-state index contributed by atoms with van der Waals surface area (Å²) in [6.07, 6.45) is 4.80. The first-order valence-electron chi connectivity index (χ1n) is 11.2. The maximum atomic E-state index is 5.82. The molecule has 162 valence electrons. The van der Waals surface area contributed by atoms with E-state index in [0.29, 0.717) is 13.2 Å². The first kappa shape index (κ1) is 21.9. The lowest BCUT2D eigenvalue weighted by molar-refractivity contribution is -0.0164. The quantitative estimate of drug-likeness (QED) is 0.517. The van der Waals surface area contributed by atoms with Crippen LogP contribution in [0.5, 0.6) is 5.75 Å². The highest BCUT2D eigenvalue weighted by molar-refractivity contribution is 5.79. The lowest BCUT2D eigenvalue weighted by atomic mass is 9.88. The molecule has 0 spiro atoms. The normalized spacial score (nSPS) is 19.9. The van der Waals surface area contributed by atoms with Gasteiger partial charge in [0.15, 0.2) is 5.96 Å². The highest BCUT2D eigenvalue weighted by atomic mass is 16.5. The molecule has 0 atom stereocenters. The largest absolute Gasteiger partial charge is 0.494 e. The van der Waals surface area contributed by atoms with Gasteiger partial charge in [-0.3, -0.25) is 4.90 Å². The Morgan fingerprint density at radius 1 is 1.17 bits per heavy atom. The van der Waals surface area contributed by atoms with Crippen molar-refractivity contribution >= 4 is 5.96 Å². The van der Waals surface area contributed by atoms with E-state index in [0.717, 1.165) is 56.4 Å². The number of rotatable bonds is 8. The highest BCUT2D eigenvalue weighted by Crippen LogP contribution is 2.30. The molecular formula is C23H38N4O2. The first-order chi connectivity index (χ1) is 14.2. The summed E-state index contributed by atoms with van der Waals surface area (Å²) in [6.45, 7) is 13.4. The second-order valence-electron chi connectivity index (χ2n) is 8.12. The van der Waals surface area contributed by atoms with Crippen LogP contribution in [-0.4, -0.2) is 62.4 Å². The van der Waals surface area contributed by atoms with E-state index in [1.54, 1.807) is 0 Å². The van der Waals surface area contributed by atoms with Crippen LogP contribution in [0.25, 0.3) is 0 Å². The lowest BCUT2D eigenvalue weighted by Gasteiger charge is -2.45. The molecule has 0 aromatic heterocycles. The Morgan fingerprint density at radius 3 is 2.62 bits per heavy atom. The van der Waals surface area contributed by atoms with Crippen molar-refractivity contribution in [3.8, 4) is 5.75 Å². The van der Waals surface area contributed by atoms with Crippen LogP contribution >= 0.6 is 0 Å². The van der Waals surface area contributed by atoms with Crippen molar-refractivity contribution in [2.24, 2.45) is 4.99 Å². The molecule has 2 heterocycles. The highest BCUT2D eigenvalue weighted by Gasteiger charge is 2.39. The molecule has 6 heteroatoms. The number of ether oxygens (including phenoxy) is 2. The van der Waals surface area contributed by atoms with Crippen LogP contribution in [0, 0.1) is 6.92 Å². The van der Waals surface area contributed by atoms with Gasteiger partial charge in [-0.2, -0.15) is 0 Å². The zero-order valence-electron chi connectivity index (χ0n) is 18.4. The molecule has 2 aliphatic heterocycles. The molecule has 1 aromatic carbocycles. The van der Waals surface area contributed by atoms with Gasteiger partial charge in [-0.25, -0.2) is 4.99 Å². The summed E-state index contributed by atoms with van der Waals surface area (Å²) in [5, 5.41) is 7.05. The van der Waals surface area contributed by atoms with Crippen molar-refractivity contribution in [3.05, 3.63) is 29.3 Å². The Morgan fingerprint density at radius 2 is 1.93 bits per heavy atom. The van der Waals surface area contributed by atoms with Crippen molar-refractivity contribution < 1.29 is 9.47 Å². The molecule has 2 aliphatic rings. The standard InChI is InChI=1S/C23H38N4O2/c1-4-24-22(25-17-20-9-8-19(3)16-21(20)29-5-2)26-18-23(10-14-28-15-11-23)27-12-6-7-13-27/h8-9,16H,4-7,10-15,17-18H2,1-3H3,(H2,24,25,26). The molecule has 0 radical (unpaired) electrons. The van der Waals surface area contributed by atoms with E-state index >= 15 is 0 Å². The maximum absolute atomic E-state index is 5.82. The first-order valence-corrected chi connectivity index (χ1v) is 11.2. The molecule has 1 aromatic rings. The minimum atomic E-state index is 0.186. The van der Waals surface area contributed by atoms with Crippen LogP contribution < -0.4 is 15.4 Å². The Bertz CT molecular complexity index is 665. The third kappa shape index (κ3) is 5.86. The Hall–Kier alpha value is -1.79. The summed E-state index contributed by atoms with van der Waals surface area (Å²) in [5.74, 6) is 1.81. The van der Waals surface area contributed by atoms with Gasteiger partial charge in [-0.05, 0) is 71.2 Å². The third-order valence-electron chi connectivity index (χ3n) is 6.06. The number of nitrogens with zero attached hydrogens (tertiary/aromatic N) is 2. The van der Waals surface area contributed by atoms with E-state index in [9.17, 15) is 0 Å². The van der Waals surface area contributed by atoms with E-state index in [1.807, 2.05) is 6.92 Å². The lowest BCUT2D eigenvalue weighted by Crippen LogP contribution is -2.58. The zero-order chi connectivity index (χ0) is 20.5. The topological polar surface area (TPSA) is 58.1 Å². The van der Waals surface area contributed by atoms with Gasteiger partial charge in [-0.1, -0.05) is 12.1 Å². The molecule has 3 rings (SSSR count). The molecule has 2 saturated heterocycles. The fourth-order valence-electron chi connectivity index (χ4n) is 4.38. The van der Waals surface area contributed by atoms with Crippen molar-refractivity contribution in [3.63, 3.8) is 0 Å². The Balaban J connectivity index is 1.69. The van der Waals surface area contributed by atoms with E-state index in [-0.39, 0.29) is 5.54 Å². The number of benzene rings is 1. The second kappa shape index (κ2) is 10.8. The number of hydrogen-bond acceptors (Lipinski definition) is 4. The summed E-state index contributed by atoms with van der Waals surface area (Å²) in [7, 11) is 0. The molecular weight excluding hydrogens is 364 g/mol. The van der Waals surface area contributed by atoms with Gasteiger partial charge in [0.05, 0.1) is 13.2 Å². The SMILES string of the molecule is CCNC(=NCc1ccc(C)cc1OCC)NCC1(N2CCCC2)CCOCC1. The number of nitrogens with one attached hydrogen (secondary N) is 2. The number of aliphatic imine (C=N–C) groups is 1. The fraction of sp³-hybridized carbons (Fsp3) is 0.696. The molecule has 2 fully saturated rings. The molecule has 29 heavy (non-hydrogen) atoms. The molecule has 2 N–H and O–H groups in total. The average Bonchev–Trinajstić information content (AvgIpc) is 3.28. The van der Waals surface area contributed by atoms with Crippen LogP contribution in [0.2, 0.25) is 0 Å². The monoisotopic (exact) mass is 402 g/mol. The zero-order valence-corrected chi connectivity index (χ0v) is 18.4. The van der Waals surface area contributed by atoms with Gasteiger partial charge in [0.25, 0.3) is 0 Å². The fourth-order valence-corrected chi connectivity index (χ4v) is 4.38. The molecule has 0 saturated carbocycles. The predicted molar refractivity (Wildman–Crippen MR) is 119 cm³/mol. The number of hydrogen-bond donors (Lipinski definition) is 2. The van der Waals surface area contributed by atoms with Crippen molar-refractivity contribution in [2.75, 3.05) is 46.0 Å². The third-order valence-corrected chi connectivity index (χ3v) is 6.06. The van der Waals surface area contributed by atoms with Crippen LogP contribution in [0.3, 0.4) is 0 Å². The Kier molecular flexibility index (Phi) is 8.19. The van der Waals surface area contributed by atoms with Gasteiger partial charge in [-0.15, -0.1) is 0 Å². The maximum Gasteiger partial charge on any atom is 0.191 e. The summed E-state index contributed by atoms with van der Waals surface area (Å²) in [5.41, 5.74) is 2.51. The number of guanidine groups is 1. The van der Waals surface area contributed by atoms with Crippen LogP contribution in [0.1, 0.15) is 50.7 Å². The molecule has 6 nitrogen and oxygen atoms in total. The van der Waals surface area contributed by atoms with Crippen molar-refractivity contribution in [2.45, 2.75) is 58.5 Å². The number of likely N-dealkylation sites (tertiary alicyclic amines) is 1. The van der Waals surface area contributed by atoms with Crippen molar-refractivity contribution in [1.82, 2.24) is 15.5 Å². The van der Waals surface area contributed by atoms with E-state index in [1.165, 1.54) is 31.5 Å². The summed E-state index contributed by atoms with van der Waals surface area (Å²) in [4.78, 5) is 7.54. The van der Waals surface area contributed by atoms with Gasteiger partial charge in [0.2, 0.25) is 0 Å².